The molecule has 0 heteroatoms. The van der Waals surface area contributed by atoms with E-state index in [0.717, 1.165) is 18.8 Å². The van der Waals surface area contributed by atoms with Crippen molar-refractivity contribution in [3.63, 3.8) is 0 Å². The third-order valence-corrected chi connectivity index (χ3v) is 2.43. The van der Waals surface area contributed by atoms with Gasteiger partial charge in [-0.1, -0.05) is 71.8 Å². The van der Waals surface area contributed by atoms with E-state index in [1.54, 1.807) is 6.08 Å². The minimum atomic E-state index is 0.701. The van der Waals surface area contributed by atoms with E-state index in [4.69, 9.17) is 0 Å². The van der Waals surface area contributed by atoms with Gasteiger partial charge in [-0.25, -0.2) is 0 Å². The third kappa shape index (κ3) is 20.6. The van der Waals surface area contributed by atoms with Crippen LogP contribution < -0.4 is 0 Å². The lowest BCUT2D eigenvalue weighted by atomic mass is 9.88. The van der Waals surface area contributed by atoms with Crippen molar-refractivity contribution < 1.29 is 0 Å². The van der Waals surface area contributed by atoms with Gasteiger partial charge in [0.2, 0.25) is 0 Å². The third-order valence-electron chi connectivity index (χ3n) is 2.43. The van der Waals surface area contributed by atoms with Crippen molar-refractivity contribution in [2.75, 3.05) is 0 Å². The second-order valence-corrected chi connectivity index (χ2v) is 4.53. The maximum Gasteiger partial charge on any atom is -0.0173 e. The van der Waals surface area contributed by atoms with Gasteiger partial charge >= 0.3 is 0 Å². The monoisotopic (exact) mass is 252 g/mol. The molecule has 2 atom stereocenters. The summed E-state index contributed by atoms with van der Waals surface area (Å²) in [5.41, 5.74) is 0. The average molecular weight is 252 g/mol. The van der Waals surface area contributed by atoms with Crippen molar-refractivity contribution in [1.82, 2.24) is 0 Å². The van der Waals surface area contributed by atoms with Gasteiger partial charge < -0.3 is 0 Å². The topological polar surface area (TPSA) is 0 Å². The lowest BCUT2D eigenvalue weighted by Crippen LogP contribution is -2.06. The maximum absolute atomic E-state index is 3.79. The van der Waals surface area contributed by atoms with E-state index in [1.807, 2.05) is 13.0 Å². The first kappa shape index (κ1) is 22.4. The van der Waals surface area contributed by atoms with Crippen LogP contribution in [-0.4, -0.2) is 0 Å². The van der Waals surface area contributed by atoms with E-state index in [9.17, 15) is 0 Å². The molecule has 0 aromatic carbocycles. The van der Waals surface area contributed by atoms with Gasteiger partial charge in [-0.3, -0.25) is 0 Å². The first-order valence-corrected chi connectivity index (χ1v) is 7.43. The van der Waals surface area contributed by atoms with Crippen molar-refractivity contribution in [2.45, 2.75) is 67.2 Å². The normalized spacial score (nSPS) is 12.6. The van der Waals surface area contributed by atoms with E-state index in [2.05, 4.69) is 59.9 Å². The van der Waals surface area contributed by atoms with Crippen LogP contribution in [0.15, 0.2) is 37.5 Å². The van der Waals surface area contributed by atoms with E-state index >= 15 is 0 Å². The molecular formula is C18H36. The molecule has 0 rings (SSSR count). The quantitative estimate of drug-likeness (QED) is 0.456. The number of hydrogen-bond donors (Lipinski definition) is 0. The molecule has 0 aromatic heterocycles. The van der Waals surface area contributed by atoms with Gasteiger partial charge in [0, 0.05) is 0 Å². The molecule has 0 nitrogen and oxygen atoms in total. The Bertz CT molecular complexity index is 176. The molecule has 0 fully saturated rings. The molecule has 0 aromatic rings. The largest absolute Gasteiger partial charge is 0.103 e. The molecule has 0 bridgehead atoms. The molecule has 0 aliphatic heterocycles. The first-order chi connectivity index (χ1) is 8.59. The van der Waals surface area contributed by atoms with E-state index in [0.29, 0.717) is 5.92 Å². The lowest BCUT2D eigenvalue weighted by Gasteiger charge is -2.17. The standard InChI is InChI=1S/C12H22.C3H8.C3H6/c1-5-8-10-12(9-6-2)11(4)7-3;2*1-3-2/h6,8,10-12H,2,5,7,9H2,1,3-4H3;3H2,1-2H3;3H,1H2,2H3/b10-8-;;. The maximum atomic E-state index is 3.79. The van der Waals surface area contributed by atoms with Crippen molar-refractivity contribution in [3.05, 3.63) is 37.5 Å². The van der Waals surface area contributed by atoms with Gasteiger partial charge in [0.1, 0.15) is 0 Å². The summed E-state index contributed by atoms with van der Waals surface area (Å²) in [6, 6.07) is 0. The Balaban J connectivity index is -0.000000315. The van der Waals surface area contributed by atoms with Crippen molar-refractivity contribution in [1.29, 1.82) is 0 Å². The fourth-order valence-corrected chi connectivity index (χ4v) is 1.31. The van der Waals surface area contributed by atoms with Crippen LogP contribution >= 0.6 is 0 Å². The Hall–Kier alpha value is -0.780. The zero-order chi connectivity index (χ0) is 14.8. The predicted octanol–water partition coefficient (Wildman–Crippen LogP) is 6.80. The van der Waals surface area contributed by atoms with Gasteiger partial charge in [-0.15, -0.1) is 13.2 Å². The molecule has 0 radical (unpaired) electrons. The molecule has 2 unspecified atom stereocenters. The molecule has 0 heterocycles. The smallest absolute Gasteiger partial charge is 0.0173 e. The zero-order valence-electron chi connectivity index (χ0n) is 13.7. The van der Waals surface area contributed by atoms with Crippen molar-refractivity contribution in [3.8, 4) is 0 Å². The van der Waals surface area contributed by atoms with E-state index in [1.165, 1.54) is 12.8 Å². The van der Waals surface area contributed by atoms with Crippen LogP contribution in [-0.2, 0) is 0 Å². The predicted molar refractivity (Wildman–Crippen MR) is 89.0 cm³/mol. The first-order valence-electron chi connectivity index (χ1n) is 7.43. The van der Waals surface area contributed by atoms with Gasteiger partial charge in [0.25, 0.3) is 0 Å². The summed E-state index contributed by atoms with van der Waals surface area (Å²) < 4.78 is 0. The minimum absolute atomic E-state index is 0.701. The molecule has 0 spiro atoms. The summed E-state index contributed by atoms with van der Waals surface area (Å²) >= 11 is 0. The van der Waals surface area contributed by atoms with Crippen LogP contribution in [0.2, 0.25) is 0 Å². The molecular weight excluding hydrogens is 216 g/mol. The molecule has 0 aliphatic carbocycles. The highest BCUT2D eigenvalue weighted by Crippen LogP contribution is 2.20. The summed E-state index contributed by atoms with van der Waals surface area (Å²) in [6.07, 6.45) is 13.1. The van der Waals surface area contributed by atoms with Crippen molar-refractivity contribution in [2.24, 2.45) is 11.8 Å². The van der Waals surface area contributed by atoms with Gasteiger partial charge in [0.05, 0.1) is 0 Å². The van der Waals surface area contributed by atoms with Crippen LogP contribution in [0.25, 0.3) is 0 Å². The molecule has 108 valence electrons. The number of allylic oxidation sites excluding steroid dienone is 4. The highest BCUT2D eigenvalue weighted by molar-refractivity contribution is 4.93. The Kier molecular flexibility index (Phi) is 26.8. The van der Waals surface area contributed by atoms with E-state index < -0.39 is 0 Å². The Labute approximate surface area is 117 Å². The zero-order valence-corrected chi connectivity index (χ0v) is 13.7. The second-order valence-electron chi connectivity index (χ2n) is 4.53. The summed E-state index contributed by atoms with van der Waals surface area (Å²) in [5, 5.41) is 0. The fraction of sp³-hybridized carbons (Fsp3) is 0.667. The Morgan fingerprint density at radius 1 is 1.06 bits per heavy atom. The lowest BCUT2D eigenvalue weighted by molar-refractivity contribution is 0.419. The summed E-state index contributed by atoms with van der Waals surface area (Å²) in [7, 11) is 0. The highest BCUT2D eigenvalue weighted by atomic mass is 14.1. The Morgan fingerprint density at radius 2 is 1.50 bits per heavy atom. The van der Waals surface area contributed by atoms with Gasteiger partial charge in [0.15, 0.2) is 0 Å². The Morgan fingerprint density at radius 3 is 1.78 bits per heavy atom. The van der Waals surface area contributed by atoms with Crippen LogP contribution in [0.5, 0.6) is 0 Å². The number of rotatable bonds is 6. The minimum Gasteiger partial charge on any atom is -0.103 e. The van der Waals surface area contributed by atoms with E-state index in [-0.39, 0.29) is 0 Å². The van der Waals surface area contributed by atoms with Gasteiger partial charge in [-0.05, 0) is 31.6 Å². The van der Waals surface area contributed by atoms with Crippen LogP contribution in [0.1, 0.15) is 67.2 Å². The highest BCUT2D eigenvalue weighted by Gasteiger charge is 2.09. The summed E-state index contributed by atoms with van der Waals surface area (Å²) in [4.78, 5) is 0. The molecule has 0 amide bonds. The van der Waals surface area contributed by atoms with Gasteiger partial charge in [-0.2, -0.15) is 0 Å². The van der Waals surface area contributed by atoms with Crippen LogP contribution in [0.3, 0.4) is 0 Å². The molecule has 0 N–H and O–H groups in total. The molecule has 0 saturated carbocycles. The summed E-state index contributed by atoms with van der Waals surface area (Å²) in [5.74, 6) is 1.48. The fourth-order valence-electron chi connectivity index (χ4n) is 1.31. The van der Waals surface area contributed by atoms with Crippen LogP contribution in [0.4, 0.5) is 0 Å². The van der Waals surface area contributed by atoms with Crippen molar-refractivity contribution >= 4 is 0 Å². The molecule has 0 saturated heterocycles. The molecule has 18 heavy (non-hydrogen) atoms. The summed E-state index contributed by atoms with van der Waals surface area (Å²) in [6.45, 7) is 20.0. The SMILES string of the molecule is C=CC.C=CCC(/C=C\CC)C(C)CC.CCC. The molecule has 0 aliphatic rings. The second kappa shape index (κ2) is 21.5. The average Bonchev–Trinajstić information content (AvgIpc) is 2.35. The number of hydrogen-bond acceptors (Lipinski definition) is 0. The van der Waals surface area contributed by atoms with Crippen LogP contribution in [0, 0.1) is 11.8 Å².